The summed E-state index contributed by atoms with van der Waals surface area (Å²) in [5.41, 5.74) is 3.53. The average molecular weight is 365 g/mol. The van der Waals surface area contributed by atoms with Crippen LogP contribution in [0.1, 0.15) is 10.4 Å². The van der Waals surface area contributed by atoms with Crippen molar-refractivity contribution in [1.29, 1.82) is 0 Å². The number of nitrogens with zero attached hydrogens (tertiary/aromatic N) is 2. The molecule has 0 fully saturated rings. The van der Waals surface area contributed by atoms with Crippen LogP contribution in [-0.4, -0.2) is 9.97 Å². The van der Waals surface area contributed by atoms with Gasteiger partial charge in [0, 0.05) is 14.9 Å². The quantitative estimate of drug-likeness (QED) is 0.546. The molecule has 3 aromatic rings. The zero-order valence-electron chi connectivity index (χ0n) is 11.3. The summed E-state index contributed by atoms with van der Waals surface area (Å²) in [4.78, 5) is 10.6. The lowest BCUT2D eigenvalue weighted by molar-refractivity contribution is 0.297. The van der Waals surface area contributed by atoms with Gasteiger partial charge in [0.1, 0.15) is 11.4 Å². The number of benzene rings is 1. The number of hydrazine groups is 1. The number of hydrogen-bond acceptors (Lipinski definition) is 6. The van der Waals surface area contributed by atoms with Crippen molar-refractivity contribution in [2.45, 2.75) is 13.5 Å². The van der Waals surface area contributed by atoms with Gasteiger partial charge in [0.15, 0.2) is 0 Å². The average Bonchev–Trinajstić information content (AvgIpc) is 2.86. The van der Waals surface area contributed by atoms with E-state index >= 15 is 0 Å². The number of rotatable bonds is 4. The molecule has 3 N–H and O–H groups in total. The van der Waals surface area contributed by atoms with E-state index in [9.17, 15) is 0 Å². The fourth-order valence-corrected chi connectivity index (χ4v) is 3.22. The summed E-state index contributed by atoms with van der Waals surface area (Å²) in [6.07, 6.45) is 0. The molecule has 1 aromatic carbocycles. The molecular weight excluding hydrogens is 352 g/mol. The van der Waals surface area contributed by atoms with Crippen LogP contribution in [0.3, 0.4) is 0 Å². The number of fused-ring (bicyclic) bond motifs is 1. The Kier molecular flexibility index (Phi) is 4.05. The summed E-state index contributed by atoms with van der Waals surface area (Å²) in [7, 11) is 0. The molecule has 0 bridgehead atoms. The lowest BCUT2D eigenvalue weighted by Crippen LogP contribution is -2.11. The summed E-state index contributed by atoms with van der Waals surface area (Å²) in [6.45, 7) is 2.45. The third-order valence-corrected chi connectivity index (χ3v) is 4.65. The number of ether oxygens (including phenoxy) is 1. The van der Waals surface area contributed by atoms with Crippen LogP contribution in [0, 0.1) is 6.92 Å². The molecule has 0 spiro atoms. The topological polar surface area (TPSA) is 73.1 Å². The van der Waals surface area contributed by atoms with Crippen molar-refractivity contribution < 1.29 is 4.74 Å². The fourth-order valence-electron chi connectivity index (χ4n) is 1.95. The summed E-state index contributed by atoms with van der Waals surface area (Å²) < 4.78 is 6.88. The number of nitrogen functional groups attached to an aromatic ring is 1. The second-order valence-corrected chi connectivity index (χ2v) is 6.54. The molecular formula is C14H13BrN4OS. The van der Waals surface area contributed by atoms with E-state index in [2.05, 4.69) is 31.3 Å². The Hall–Kier alpha value is -1.70. The van der Waals surface area contributed by atoms with Crippen LogP contribution in [0.15, 0.2) is 34.8 Å². The zero-order valence-corrected chi connectivity index (χ0v) is 13.7. The van der Waals surface area contributed by atoms with Gasteiger partial charge in [-0.2, -0.15) is 4.98 Å². The second kappa shape index (κ2) is 5.97. The highest BCUT2D eigenvalue weighted by molar-refractivity contribution is 9.10. The monoisotopic (exact) mass is 364 g/mol. The molecule has 2 heterocycles. The normalized spacial score (nSPS) is 10.8. The molecule has 108 valence electrons. The van der Waals surface area contributed by atoms with Crippen molar-refractivity contribution in [1.82, 2.24) is 9.97 Å². The first-order valence-electron chi connectivity index (χ1n) is 6.28. The molecule has 0 radical (unpaired) electrons. The molecule has 0 amide bonds. The molecule has 0 aliphatic heterocycles. The predicted molar refractivity (Wildman–Crippen MR) is 88.4 cm³/mol. The Morgan fingerprint density at radius 2 is 2.14 bits per heavy atom. The Bertz CT molecular complexity index is 790. The Labute approximate surface area is 134 Å². The first-order valence-corrected chi connectivity index (χ1v) is 7.89. The number of nitrogens with one attached hydrogen (secondary N) is 1. The minimum absolute atomic E-state index is 0.353. The van der Waals surface area contributed by atoms with Crippen LogP contribution in [0.2, 0.25) is 0 Å². The minimum atomic E-state index is 0.353. The molecule has 0 aliphatic carbocycles. The molecule has 0 saturated heterocycles. The van der Waals surface area contributed by atoms with Crippen LogP contribution in [0.4, 0.5) is 5.95 Å². The summed E-state index contributed by atoms with van der Waals surface area (Å²) in [6, 6.07) is 9.95. The van der Waals surface area contributed by atoms with Gasteiger partial charge in [-0.25, -0.2) is 10.8 Å². The number of anilines is 1. The first-order chi connectivity index (χ1) is 10.2. The second-order valence-electron chi connectivity index (χ2n) is 4.45. The van der Waals surface area contributed by atoms with Gasteiger partial charge < -0.3 is 4.74 Å². The largest absolute Gasteiger partial charge is 0.472 e. The minimum Gasteiger partial charge on any atom is -0.472 e. The predicted octanol–water partition coefficient (Wildman–Crippen LogP) is 3.63. The maximum Gasteiger partial charge on any atom is 0.241 e. The molecule has 0 aliphatic rings. The van der Waals surface area contributed by atoms with E-state index in [1.807, 2.05) is 37.3 Å². The van der Waals surface area contributed by atoms with Crippen LogP contribution in [-0.2, 0) is 6.61 Å². The lowest BCUT2D eigenvalue weighted by Gasteiger charge is -2.09. The van der Waals surface area contributed by atoms with E-state index in [4.69, 9.17) is 10.6 Å². The summed E-state index contributed by atoms with van der Waals surface area (Å²) >= 11 is 5.09. The van der Waals surface area contributed by atoms with Crippen LogP contribution in [0.5, 0.6) is 5.88 Å². The van der Waals surface area contributed by atoms with Gasteiger partial charge in [-0.3, -0.25) is 5.43 Å². The van der Waals surface area contributed by atoms with Gasteiger partial charge in [0.2, 0.25) is 11.8 Å². The number of aryl methyl sites for hydroxylation is 1. The smallest absolute Gasteiger partial charge is 0.241 e. The van der Waals surface area contributed by atoms with E-state index in [-0.39, 0.29) is 0 Å². The van der Waals surface area contributed by atoms with Crippen molar-refractivity contribution in [3.05, 3.63) is 45.2 Å². The van der Waals surface area contributed by atoms with Gasteiger partial charge in [0.25, 0.3) is 0 Å². The molecule has 0 saturated carbocycles. The van der Waals surface area contributed by atoms with Crippen LogP contribution < -0.4 is 16.0 Å². The lowest BCUT2D eigenvalue weighted by atomic mass is 10.2. The number of halogens is 1. The van der Waals surface area contributed by atoms with Gasteiger partial charge in [-0.1, -0.05) is 34.1 Å². The molecule has 2 aromatic heterocycles. The number of aromatic nitrogens is 2. The van der Waals surface area contributed by atoms with Gasteiger partial charge in [0.05, 0.1) is 5.39 Å². The van der Waals surface area contributed by atoms with Crippen molar-refractivity contribution in [3.63, 3.8) is 0 Å². The number of thiophene rings is 1. The molecule has 0 unspecified atom stereocenters. The van der Waals surface area contributed by atoms with Crippen LogP contribution >= 0.6 is 27.3 Å². The number of nitrogens with two attached hydrogens (primary N) is 1. The SMILES string of the molecule is Cc1cc2c(OCc3ccccc3Br)nc(NN)nc2s1. The number of hydrogen-bond donors (Lipinski definition) is 2. The third kappa shape index (κ3) is 2.99. The van der Waals surface area contributed by atoms with Gasteiger partial charge in [-0.05, 0) is 19.1 Å². The van der Waals surface area contributed by atoms with Crippen molar-refractivity contribution >= 4 is 43.4 Å². The maximum absolute atomic E-state index is 5.87. The molecule has 0 atom stereocenters. The van der Waals surface area contributed by atoms with E-state index < -0.39 is 0 Å². The highest BCUT2D eigenvalue weighted by atomic mass is 79.9. The molecule has 21 heavy (non-hydrogen) atoms. The Balaban J connectivity index is 1.94. The molecule has 5 nitrogen and oxygen atoms in total. The zero-order chi connectivity index (χ0) is 14.8. The maximum atomic E-state index is 5.87. The van der Waals surface area contributed by atoms with E-state index in [1.165, 1.54) is 0 Å². The van der Waals surface area contributed by atoms with Crippen molar-refractivity contribution in [3.8, 4) is 5.88 Å². The van der Waals surface area contributed by atoms with Gasteiger partial charge in [-0.15, -0.1) is 11.3 Å². The van der Waals surface area contributed by atoms with E-state index in [1.54, 1.807) is 11.3 Å². The van der Waals surface area contributed by atoms with E-state index in [0.717, 1.165) is 25.1 Å². The molecule has 7 heteroatoms. The summed E-state index contributed by atoms with van der Waals surface area (Å²) in [5, 5.41) is 0.906. The Morgan fingerprint density at radius 3 is 2.90 bits per heavy atom. The fraction of sp³-hybridized carbons (Fsp3) is 0.143. The molecule has 3 rings (SSSR count). The van der Waals surface area contributed by atoms with E-state index in [0.29, 0.717) is 18.4 Å². The van der Waals surface area contributed by atoms with Crippen molar-refractivity contribution in [2.24, 2.45) is 5.84 Å². The van der Waals surface area contributed by atoms with Crippen molar-refractivity contribution in [2.75, 3.05) is 5.43 Å². The third-order valence-electron chi connectivity index (χ3n) is 2.93. The Morgan fingerprint density at radius 1 is 1.33 bits per heavy atom. The van der Waals surface area contributed by atoms with Crippen LogP contribution in [0.25, 0.3) is 10.2 Å². The standard InChI is InChI=1S/C14H13BrN4OS/c1-8-6-10-12(17-14(19-16)18-13(10)21-8)20-7-9-4-2-3-5-11(9)15/h2-6H,7,16H2,1H3,(H,17,18,19). The highest BCUT2D eigenvalue weighted by Crippen LogP contribution is 2.31. The first kappa shape index (κ1) is 14.2. The van der Waals surface area contributed by atoms with Gasteiger partial charge >= 0.3 is 0 Å². The summed E-state index contributed by atoms with van der Waals surface area (Å²) in [5.74, 6) is 6.30. The highest BCUT2D eigenvalue weighted by Gasteiger charge is 2.12.